The summed E-state index contributed by atoms with van der Waals surface area (Å²) in [6.45, 7) is 22.3. The lowest BCUT2D eigenvalue weighted by Crippen LogP contribution is -2.46. The highest BCUT2D eigenvalue weighted by atomic mass is 32.2. The number of hydrogen-bond acceptors (Lipinski definition) is 5. The summed E-state index contributed by atoms with van der Waals surface area (Å²) in [5.74, 6) is 1.13. The van der Waals surface area contributed by atoms with Gasteiger partial charge in [-0.25, -0.2) is 4.79 Å². The summed E-state index contributed by atoms with van der Waals surface area (Å²) in [4.78, 5) is 20.1. The Hall–Kier alpha value is -1.17. The number of hydrogen-bond donors (Lipinski definition) is 1. The summed E-state index contributed by atoms with van der Waals surface area (Å²) in [5.41, 5.74) is 2.27. The summed E-state index contributed by atoms with van der Waals surface area (Å²) in [6, 6.07) is 0.161. The van der Waals surface area contributed by atoms with Gasteiger partial charge in [0.1, 0.15) is 11.4 Å². The number of fused-ring (bicyclic) bond motifs is 1. The van der Waals surface area contributed by atoms with Gasteiger partial charge < -0.3 is 15.0 Å². The fraction of sp³-hybridized carbons (Fsp3) is 0.826. The lowest BCUT2D eigenvalue weighted by molar-refractivity contribution is 0.0507. The fourth-order valence-electron chi connectivity index (χ4n) is 4.12. The van der Waals surface area contributed by atoms with Gasteiger partial charge in [0.25, 0.3) is 0 Å². The molecule has 1 fully saturated rings. The van der Waals surface area contributed by atoms with Crippen molar-refractivity contribution in [2.24, 2.45) is 15.8 Å². The van der Waals surface area contributed by atoms with Gasteiger partial charge in [-0.1, -0.05) is 41.5 Å². The van der Waals surface area contributed by atoms with Crippen LogP contribution in [-0.2, 0) is 4.74 Å². The molecule has 0 saturated carbocycles. The monoisotopic (exact) mass is 423 g/mol. The average molecular weight is 424 g/mol. The van der Waals surface area contributed by atoms with Crippen LogP contribution >= 0.6 is 11.8 Å². The lowest BCUT2D eigenvalue weighted by Gasteiger charge is -2.44. The van der Waals surface area contributed by atoms with E-state index in [1.165, 1.54) is 11.3 Å². The number of carbonyl (C=O) groups is 1. The van der Waals surface area contributed by atoms with Crippen LogP contribution in [0.5, 0.6) is 0 Å². The SMILES string of the molecule is CSC(C)C1=N[C@@H](C(C)(C)C)C(C(C)(C)C)=C2C[C@H](NC(=O)OC(C)(C)C)CN12. The summed E-state index contributed by atoms with van der Waals surface area (Å²) < 4.78 is 5.50. The predicted molar refractivity (Wildman–Crippen MR) is 125 cm³/mol. The second kappa shape index (κ2) is 8.16. The number of rotatable bonds is 3. The number of amidine groups is 1. The number of amides is 1. The second-order valence-electron chi connectivity index (χ2n) is 11.4. The first-order chi connectivity index (χ1) is 13.0. The van der Waals surface area contributed by atoms with Crippen LogP contribution in [0, 0.1) is 10.8 Å². The Morgan fingerprint density at radius 2 is 1.76 bits per heavy atom. The molecule has 0 spiro atoms. The number of nitrogens with one attached hydrogen (secondary N) is 1. The maximum atomic E-state index is 12.4. The topological polar surface area (TPSA) is 53.9 Å². The summed E-state index contributed by atoms with van der Waals surface area (Å²) in [6.07, 6.45) is 2.61. The van der Waals surface area contributed by atoms with Gasteiger partial charge in [-0.2, -0.15) is 11.8 Å². The van der Waals surface area contributed by atoms with E-state index < -0.39 is 5.60 Å². The van der Waals surface area contributed by atoms with E-state index in [2.05, 4.69) is 64.9 Å². The molecule has 0 radical (unpaired) electrons. The van der Waals surface area contributed by atoms with Crippen LogP contribution in [0.15, 0.2) is 16.3 Å². The zero-order valence-corrected chi connectivity index (χ0v) is 21.1. The molecule has 166 valence electrons. The lowest BCUT2D eigenvalue weighted by atomic mass is 9.71. The fourth-order valence-corrected chi connectivity index (χ4v) is 4.52. The number of carbonyl (C=O) groups excluding carboxylic acids is 1. The minimum absolute atomic E-state index is 0.00393. The maximum absolute atomic E-state index is 12.4. The van der Waals surface area contributed by atoms with Gasteiger partial charge in [-0.3, -0.25) is 4.99 Å². The van der Waals surface area contributed by atoms with Crippen LogP contribution in [0.2, 0.25) is 0 Å². The van der Waals surface area contributed by atoms with E-state index in [4.69, 9.17) is 9.73 Å². The second-order valence-corrected chi connectivity index (χ2v) is 12.6. The zero-order chi connectivity index (χ0) is 22.4. The molecule has 0 aromatic rings. The Balaban J connectivity index is 2.44. The third-order valence-corrected chi connectivity index (χ3v) is 6.28. The zero-order valence-electron chi connectivity index (χ0n) is 20.3. The van der Waals surface area contributed by atoms with Crippen molar-refractivity contribution in [1.82, 2.24) is 10.2 Å². The molecule has 2 aliphatic heterocycles. The van der Waals surface area contributed by atoms with E-state index in [9.17, 15) is 4.79 Å². The number of nitrogens with zero attached hydrogens (tertiary/aromatic N) is 2. The molecule has 0 aromatic heterocycles. The summed E-state index contributed by atoms with van der Waals surface area (Å²) in [7, 11) is 0. The largest absolute Gasteiger partial charge is 0.444 e. The van der Waals surface area contributed by atoms with Crippen molar-refractivity contribution in [3.05, 3.63) is 11.3 Å². The molecule has 2 aliphatic rings. The van der Waals surface area contributed by atoms with Gasteiger partial charge in [-0.15, -0.1) is 0 Å². The molecule has 6 heteroatoms. The first-order valence-electron chi connectivity index (χ1n) is 10.7. The average Bonchev–Trinajstić information content (AvgIpc) is 2.91. The smallest absolute Gasteiger partial charge is 0.407 e. The van der Waals surface area contributed by atoms with Crippen LogP contribution in [-0.4, -0.2) is 52.6 Å². The maximum Gasteiger partial charge on any atom is 0.407 e. The highest BCUT2D eigenvalue weighted by molar-refractivity contribution is 7.99. The molecule has 1 N–H and O–H groups in total. The Morgan fingerprint density at radius 1 is 1.17 bits per heavy atom. The molecule has 1 unspecified atom stereocenters. The van der Waals surface area contributed by atoms with Crippen LogP contribution < -0.4 is 5.32 Å². The van der Waals surface area contributed by atoms with Gasteiger partial charge in [-0.05, 0) is 50.4 Å². The highest BCUT2D eigenvalue weighted by Crippen LogP contribution is 2.46. The molecule has 29 heavy (non-hydrogen) atoms. The summed E-state index contributed by atoms with van der Waals surface area (Å²) >= 11 is 1.82. The first-order valence-corrected chi connectivity index (χ1v) is 11.9. The molecule has 2 heterocycles. The van der Waals surface area contributed by atoms with Crippen molar-refractivity contribution in [2.45, 2.75) is 98.6 Å². The quantitative estimate of drug-likeness (QED) is 0.654. The highest BCUT2D eigenvalue weighted by Gasteiger charge is 2.45. The van der Waals surface area contributed by atoms with Crippen molar-refractivity contribution in [3.8, 4) is 0 Å². The van der Waals surface area contributed by atoms with Gasteiger partial charge in [0.2, 0.25) is 0 Å². The minimum Gasteiger partial charge on any atom is -0.444 e. The number of aliphatic imine (C=N–C) groups is 1. The Bertz CT molecular complexity index is 692. The van der Waals surface area contributed by atoms with E-state index >= 15 is 0 Å². The third kappa shape index (κ3) is 5.71. The van der Waals surface area contributed by atoms with E-state index in [1.54, 1.807) is 0 Å². The Kier molecular flexibility index (Phi) is 6.78. The van der Waals surface area contributed by atoms with Crippen LogP contribution in [0.3, 0.4) is 0 Å². The Morgan fingerprint density at radius 3 is 2.21 bits per heavy atom. The minimum atomic E-state index is -0.497. The van der Waals surface area contributed by atoms with Gasteiger partial charge in [0, 0.05) is 18.7 Å². The normalized spacial score (nSPS) is 24.2. The third-order valence-electron chi connectivity index (χ3n) is 5.36. The number of alkyl carbamates (subject to hydrolysis) is 1. The molecule has 3 atom stereocenters. The van der Waals surface area contributed by atoms with Crippen LogP contribution in [0.25, 0.3) is 0 Å². The van der Waals surface area contributed by atoms with Gasteiger partial charge >= 0.3 is 6.09 Å². The standard InChI is InChI=1S/C23H41N3O2S/c1-14(29-11)19-25-18(22(5,6)7)17(21(2,3)4)16-12-15(13-26(16)19)24-20(27)28-23(8,9)10/h14-15,18H,12-13H2,1-11H3,(H,24,27)/t14?,15-,18+/m0/s1. The number of ether oxygens (including phenoxy) is 1. The van der Waals surface area contributed by atoms with Gasteiger partial charge in [0.15, 0.2) is 0 Å². The van der Waals surface area contributed by atoms with Crippen LogP contribution in [0.4, 0.5) is 4.79 Å². The van der Waals surface area contributed by atoms with Crippen molar-refractivity contribution in [2.75, 3.05) is 12.8 Å². The van der Waals surface area contributed by atoms with E-state index in [-0.39, 0.29) is 29.0 Å². The van der Waals surface area contributed by atoms with Crippen molar-refractivity contribution < 1.29 is 9.53 Å². The molecule has 0 bridgehead atoms. The molecule has 5 nitrogen and oxygen atoms in total. The Labute approximate surface area is 182 Å². The van der Waals surface area contributed by atoms with Crippen molar-refractivity contribution in [3.63, 3.8) is 0 Å². The van der Waals surface area contributed by atoms with Crippen LogP contribution in [0.1, 0.15) is 75.7 Å². The molecule has 2 rings (SSSR count). The molecule has 0 aromatic carbocycles. The first kappa shape index (κ1) is 24.1. The molecule has 1 saturated heterocycles. The van der Waals surface area contributed by atoms with E-state index in [1.807, 2.05) is 32.5 Å². The van der Waals surface area contributed by atoms with Gasteiger partial charge in [0.05, 0.1) is 17.3 Å². The van der Waals surface area contributed by atoms with Crippen molar-refractivity contribution in [1.29, 1.82) is 0 Å². The number of thioether (sulfide) groups is 1. The summed E-state index contributed by atoms with van der Waals surface area (Å²) in [5, 5.41) is 3.40. The van der Waals surface area contributed by atoms with E-state index in [0.29, 0.717) is 5.25 Å². The molecular formula is C23H41N3O2S. The molecule has 0 aliphatic carbocycles. The predicted octanol–water partition coefficient (Wildman–Crippen LogP) is 5.46. The van der Waals surface area contributed by atoms with E-state index in [0.717, 1.165) is 18.8 Å². The molecule has 1 amide bonds. The molecular weight excluding hydrogens is 382 g/mol. The van der Waals surface area contributed by atoms with Crippen molar-refractivity contribution >= 4 is 23.7 Å².